The van der Waals surface area contributed by atoms with Gasteiger partial charge in [0.1, 0.15) is 0 Å². The van der Waals surface area contributed by atoms with Crippen LogP contribution in [0.5, 0.6) is 0 Å². The zero-order chi connectivity index (χ0) is 16.2. The van der Waals surface area contributed by atoms with Gasteiger partial charge in [0.25, 0.3) is 0 Å². The van der Waals surface area contributed by atoms with E-state index in [-0.39, 0.29) is 6.03 Å². The maximum absolute atomic E-state index is 12.2. The van der Waals surface area contributed by atoms with E-state index < -0.39 is 0 Å². The normalized spacial score (nSPS) is 10.3. The minimum absolute atomic E-state index is 0.362. The smallest absolute Gasteiger partial charge is 0.308 e. The van der Waals surface area contributed by atoms with E-state index in [1.807, 2.05) is 18.2 Å². The molecule has 0 aliphatic carbocycles. The van der Waals surface area contributed by atoms with Gasteiger partial charge in [-0.3, -0.25) is 0 Å². The van der Waals surface area contributed by atoms with Crippen LogP contribution >= 0.6 is 31.9 Å². The van der Waals surface area contributed by atoms with E-state index >= 15 is 0 Å². The van der Waals surface area contributed by atoms with Gasteiger partial charge in [-0.05, 0) is 47.7 Å². The third-order valence-electron chi connectivity index (χ3n) is 2.92. The van der Waals surface area contributed by atoms with Crippen LogP contribution in [0.2, 0.25) is 0 Å². The molecule has 0 saturated heterocycles. The van der Waals surface area contributed by atoms with E-state index in [2.05, 4.69) is 63.1 Å². The lowest BCUT2D eigenvalue weighted by Crippen LogP contribution is -2.19. The Morgan fingerprint density at radius 1 is 1.00 bits per heavy atom. The number of nitrogens with one attached hydrogen (secondary N) is 3. The van der Waals surface area contributed by atoms with Crippen LogP contribution in [-0.2, 0) is 0 Å². The lowest BCUT2D eigenvalue weighted by Gasteiger charge is -2.11. The van der Waals surface area contributed by atoms with Crippen molar-refractivity contribution in [1.82, 2.24) is 20.6 Å². The molecular weight excluding hydrogens is 428 g/mol. The Morgan fingerprint density at radius 2 is 1.74 bits per heavy atom. The number of hydrogen-bond acceptors (Lipinski definition) is 4. The summed E-state index contributed by atoms with van der Waals surface area (Å²) >= 11 is 6.74. The number of carbonyl (C=O) groups is 1. The third kappa shape index (κ3) is 3.93. The molecule has 1 aromatic heterocycles. The fourth-order valence-electron chi connectivity index (χ4n) is 1.90. The SMILES string of the molecule is O=C(Nc1ccc(Br)cc1)Nc1ccc(Br)cc1-c1nn[nH]n1. The van der Waals surface area contributed by atoms with E-state index in [9.17, 15) is 4.79 Å². The summed E-state index contributed by atoms with van der Waals surface area (Å²) in [6.45, 7) is 0. The van der Waals surface area contributed by atoms with Crippen LogP contribution in [0.1, 0.15) is 0 Å². The number of halogens is 2. The maximum atomic E-state index is 12.2. The van der Waals surface area contributed by atoms with Crippen LogP contribution in [0.15, 0.2) is 51.4 Å². The van der Waals surface area contributed by atoms with Gasteiger partial charge in [-0.1, -0.05) is 31.9 Å². The molecule has 0 atom stereocenters. The first-order valence-corrected chi connectivity index (χ1v) is 8.07. The number of carbonyl (C=O) groups excluding carboxylic acids is 1. The Morgan fingerprint density at radius 3 is 2.43 bits per heavy atom. The zero-order valence-corrected chi connectivity index (χ0v) is 14.7. The highest BCUT2D eigenvalue weighted by atomic mass is 79.9. The number of tetrazole rings is 1. The molecule has 0 spiro atoms. The fourth-order valence-corrected chi connectivity index (χ4v) is 2.53. The molecule has 7 nitrogen and oxygen atoms in total. The number of hydrogen-bond donors (Lipinski definition) is 3. The lowest BCUT2D eigenvalue weighted by atomic mass is 10.1. The molecule has 116 valence electrons. The van der Waals surface area contributed by atoms with Gasteiger partial charge in [0.15, 0.2) is 0 Å². The molecular formula is C14H10Br2N6O. The van der Waals surface area contributed by atoms with E-state index in [1.165, 1.54) is 0 Å². The number of amides is 2. The van der Waals surface area contributed by atoms with Crippen LogP contribution < -0.4 is 10.6 Å². The van der Waals surface area contributed by atoms with Gasteiger partial charge in [0.2, 0.25) is 5.82 Å². The van der Waals surface area contributed by atoms with Crippen molar-refractivity contribution in [3.63, 3.8) is 0 Å². The topological polar surface area (TPSA) is 95.6 Å². The molecule has 2 amide bonds. The highest BCUT2D eigenvalue weighted by Gasteiger charge is 2.12. The lowest BCUT2D eigenvalue weighted by molar-refractivity contribution is 0.262. The van der Waals surface area contributed by atoms with Gasteiger partial charge < -0.3 is 10.6 Å². The Hall–Kier alpha value is -2.26. The Labute approximate surface area is 148 Å². The summed E-state index contributed by atoms with van der Waals surface area (Å²) in [7, 11) is 0. The first kappa shape index (κ1) is 15.6. The van der Waals surface area contributed by atoms with Crippen LogP contribution in [0, 0.1) is 0 Å². The molecule has 0 bridgehead atoms. The highest BCUT2D eigenvalue weighted by Crippen LogP contribution is 2.28. The Balaban J connectivity index is 1.80. The van der Waals surface area contributed by atoms with Gasteiger partial charge >= 0.3 is 6.03 Å². The minimum Gasteiger partial charge on any atom is -0.308 e. The molecule has 3 aromatic rings. The number of urea groups is 1. The molecule has 3 rings (SSSR count). The van der Waals surface area contributed by atoms with Gasteiger partial charge in [0, 0.05) is 20.2 Å². The molecule has 0 unspecified atom stereocenters. The molecule has 0 aliphatic heterocycles. The van der Waals surface area contributed by atoms with E-state index in [1.54, 1.807) is 24.3 Å². The summed E-state index contributed by atoms with van der Waals surface area (Å²) in [5.74, 6) is 0.394. The summed E-state index contributed by atoms with van der Waals surface area (Å²) in [4.78, 5) is 12.2. The van der Waals surface area contributed by atoms with E-state index in [4.69, 9.17) is 0 Å². The van der Waals surface area contributed by atoms with Gasteiger partial charge in [-0.15, -0.1) is 10.2 Å². The predicted molar refractivity (Wildman–Crippen MR) is 94.1 cm³/mol. The first-order chi connectivity index (χ1) is 11.1. The molecule has 2 aromatic carbocycles. The van der Waals surface area contributed by atoms with Crippen LogP contribution in [0.3, 0.4) is 0 Å². The van der Waals surface area contributed by atoms with Crippen molar-refractivity contribution in [2.24, 2.45) is 0 Å². The van der Waals surface area contributed by atoms with Gasteiger partial charge in [-0.25, -0.2) is 4.79 Å². The largest absolute Gasteiger partial charge is 0.323 e. The zero-order valence-electron chi connectivity index (χ0n) is 11.5. The quantitative estimate of drug-likeness (QED) is 0.576. The van der Waals surface area contributed by atoms with Crippen LogP contribution in [0.25, 0.3) is 11.4 Å². The van der Waals surface area contributed by atoms with Gasteiger partial charge in [0.05, 0.1) is 5.69 Å². The fraction of sp³-hybridized carbons (Fsp3) is 0. The van der Waals surface area contributed by atoms with E-state index in [0.717, 1.165) is 8.95 Å². The number of H-pyrrole nitrogens is 1. The van der Waals surface area contributed by atoms with Crippen molar-refractivity contribution in [2.75, 3.05) is 10.6 Å². The van der Waals surface area contributed by atoms with Crippen molar-refractivity contribution in [1.29, 1.82) is 0 Å². The van der Waals surface area contributed by atoms with Crippen molar-refractivity contribution in [3.8, 4) is 11.4 Å². The number of rotatable bonds is 3. The maximum Gasteiger partial charge on any atom is 0.323 e. The summed E-state index contributed by atoms with van der Waals surface area (Å²) in [5, 5.41) is 19.4. The molecule has 0 radical (unpaired) electrons. The number of anilines is 2. The van der Waals surface area contributed by atoms with Crippen LogP contribution in [-0.4, -0.2) is 26.7 Å². The molecule has 0 saturated carbocycles. The molecule has 1 heterocycles. The summed E-state index contributed by atoms with van der Waals surface area (Å²) in [6, 6.07) is 12.3. The van der Waals surface area contributed by atoms with Crippen molar-refractivity contribution in [2.45, 2.75) is 0 Å². The van der Waals surface area contributed by atoms with Crippen molar-refractivity contribution < 1.29 is 4.79 Å². The number of benzene rings is 2. The van der Waals surface area contributed by atoms with Crippen LogP contribution in [0.4, 0.5) is 16.2 Å². The second-order valence-electron chi connectivity index (χ2n) is 4.51. The second-order valence-corrected chi connectivity index (χ2v) is 6.34. The highest BCUT2D eigenvalue weighted by molar-refractivity contribution is 9.10. The Bertz CT molecular complexity index is 820. The number of aromatic amines is 1. The molecule has 9 heteroatoms. The second kappa shape index (κ2) is 6.88. The molecule has 3 N–H and O–H groups in total. The number of nitrogens with zero attached hydrogens (tertiary/aromatic N) is 3. The standard InChI is InChI=1S/C14H10Br2N6O/c15-8-1-4-10(5-2-8)17-14(23)18-12-6-3-9(16)7-11(12)13-19-21-22-20-13/h1-7H,(H2,17,18,23)(H,19,20,21,22). The van der Waals surface area contributed by atoms with Crippen molar-refractivity contribution in [3.05, 3.63) is 51.4 Å². The summed E-state index contributed by atoms with van der Waals surface area (Å²) in [5.41, 5.74) is 1.91. The van der Waals surface area contributed by atoms with E-state index in [0.29, 0.717) is 22.8 Å². The van der Waals surface area contributed by atoms with Gasteiger partial charge in [-0.2, -0.15) is 5.21 Å². The average molecular weight is 438 g/mol. The Kier molecular flexibility index (Phi) is 4.68. The molecule has 23 heavy (non-hydrogen) atoms. The molecule has 0 fully saturated rings. The monoisotopic (exact) mass is 436 g/mol. The third-order valence-corrected chi connectivity index (χ3v) is 3.94. The minimum atomic E-state index is -0.362. The number of aromatic nitrogens is 4. The predicted octanol–water partition coefficient (Wildman–Crippen LogP) is 4.04. The first-order valence-electron chi connectivity index (χ1n) is 6.49. The molecule has 0 aliphatic rings. The average Bonchev–Trinajstić information content (AvgIpc) is 3.05. The van der Waals surface area contributed by atoms with Crippen molar-refractivity contribution >= 4 is 49.3 Å². The summed E-state index contributed by atoms with van der Waals surface area (Å²) < 4.78 is 1.78. The summed E-state index contributed by atoms with van der Waals surface area (Å²) in [6.07, 6.45) is 0.